The first kappa shape index (κ1) is 20.1. The van der Waals surface area contributed by atoms with Crippen LogP contribution in [0, 0.1) is 11.3 Å². The van der Waals surface area contributed by atoms with Gasteiger partial charge in [-0.2, -0.15) is 5.26 Å². The van der Waals surface area contributed by atoms with Crippen LogP contribution in [-0.2, 0) is 20.6 Å². The lowest BCUT2D eigenvalue weighted by Crippen LogP contribution is -2.50. The summed E-state index contributed by atoms with van der Waals surface area (Å²) >= 11 is 1.64. The van der Waals surface area contributed by atoms with E-state index < -0.39 is 11.2 Å². The molecular weight excluding hydrogens is 400 g/mol. The van der Waals surface area contributed by atoms with Gasteiger partial charge < -0.3 is 4.90 Å². The predicted molar refractivity (Wildman–Crippen MR) is 117 cm³/mol. The second-order valence-electron chi connectivity index (χ2n) is 7.29. The maximum Gasteiger partial charge on any atom is 0.332 e. The van der Waals surface area contributed by atoms with Gasteiger partial charge in [-0.15, -0.1) is 11.3 Å². The summed E-state index contributed by atoms with van der Waals surface area (Å²) in [4.78, 5) is 33.7. The third kappa shape index (κ3) is 3.67. The first-order valence-corrected chi connectivity index (χ1v) is 10.5. The van der Waals surface area contributed by atoms with Crippen LogP contribution in [0.4, 0.5) is 5.82 Å². The van der Waals surface area contributed by atoms with Gasteiger partial charge in [0.15, 0.2) is 5.56 Å². The lowest BCUT2D eigenvalue weighted by molar-refractivity contribution is 0.246. The Morgan fingerprint density at radius 1 is 1.07 bits per heavy atom. The quantitative estimate of drug-likeness (QED) is 0.632. The molecule has 1 aromatic carbocycles. The minimum atomic E-state index is -0.547. The second-order valence-corrected chi connectivity index (χ2v) is 8.15. The van der Waals surface area contributed by atoms with E-state index in [2.05, 4.69) is 22.4 Å². The Hall–Kier alpha value is -3.22. The van der Waals surface area contributed by atoms with Crippen LogP contribution in [0.25, 0.3) is 10.6 Å². The van der Waals surface area contributed by atoms with Gasteiger partial charge >= 0.3 is 5.69 Å². The average molecular weight is 423 g/mol. The molecule has 0 bridgehead atoms. The SMILES string of the molecule is Cn1c(N2CCN(Cc3csc(-c4ccccc4)n3)CC2)c(C#N)c(=O)n(C)c1=O. The molecule has 0 unspecified atom stereocenters. The first-order valence-electron chi connectivity index (χ1n) is 9.67. The third-order valence-electron chi connectivity index (χ3n) is 5.38. The number of thiazole rings is 1. The summed E-state index contributed by atoms with van der Waals surface area (Å²) in [5.41, 5.74) is 1.20. The van der Waals surface area contributed by atoms with Crippen LogP contribution in [0.5, 0.6) is 0 Å². The molecule has 0 amide bonds. The van der Waals surface area contributed by atoms with Gasteiger partial charge in [-0.25, -0.2) is 9.78 Å². The van der Waals surface area contributed by atoms with Crippen molar-refractivity contribution in [2.45, 2.75) is 6.54 Å². The molecule has 1 fully saturated rings. The molecule has 0 spiro atoms. The van der Waals surface area contributed by atoms with E-state index in [0.717, 1.165) is 40.5 Å². The van der Waals surface area contributed by atoms with Gasteiger partial charge in [-0.1, -0.05) is 30.3 Å². The summed E-state index contributed by atoms with van der Waals surface area (Å²) in [6.07, 6.45) is 0. The molecule has 8 nitrogen and oxygen atoms in total. The lowest BCUT2D eigenvalue weighted by atomic mass is 10.2. The predicted octanol–water partition coefficient (Wildman–Crippen LogP) is 1.40. The number of hydrogen-bond donors (Lipinski definition) is 0. The molecule has 0 atom stereocenters. The Balaban J connectivity index is 1.47. The summed E-state index contributed by atoms with van der Waals surface area (Å²) in [6, 6.07) is 12.1. The van der Waals surface area contributed by atoms with E-state index in [1.54, 1.807) is 18.4 Å². The van der Waals surface area contributed by atoms with Crippen molar-refractivity contribution in [2.24, 2.45) is 14.1 Å². The molecule has 0 saturated carbocycles. The van der Waals surface area contributed by atoms with E-state index in [-0.39, 0.29) is 5.56 Å². The molecule has 1 aliphatic heterocycles. The van der Waals surface area contributed by atoms with Crippen LogP contribution in [0.1, 0.15) is 11.3 Å². The molecule has 2 aromatic heterocycles. The Kier molecular flexibility index (Phi) is 5.53. The van der Waals surface area contributed by atoms with Crippen LogP contribution in [0.3, 0.4) is 0 Å². The summed E-state index contributed by atoms with van der Waals surface area (Å²) in [7, 11) is 3.00. The van der Waals surface area contributed by atoms with Crippen LogP contribution in [-0.4, -0.2) is 45.2 Å². The van der Waals surface area contributed by atoms with Gasteiger partial charge in [0.05, 0.1) is 5.69 Å². The van der Waals surface area contributed by atoms with Crippen molar-refractivity contribution in [2.75, 3.05) is 31.1 Å². The van der Waals surface area contributed by atoms with E-state index in [1.807, 2.05) is 29.2 Å². The van der Waals surface area contributed by atoms with Crippen molar-refractivity contribution in [1.29, 1.82) is 5.26 Å². The number of rotatable bonds is 4. The van der Waals surface area contributed by atoms with E-state index in [9.17, 15) is 14.9 Å². The van der Waals surface area contributed by atoms with Crippen LogP contribution in [0.15, 0.2) is 45.3 Å². The largest absolute Gasteiger partial charge is 0.354 e. The molecule has 3 heterocycles. The summed E-state index contributed by atoms with van der Waals surface area (Å²) in [6.45, 7) is 3.52. The molecular formula is C21H22N6O2S. The maximum atomic E-state index is 12.3. The highest BCUT2D eigenvalue weighted by atomic mass is 32.1. The zero-order valence-corrected chi connectivity index (χ0v) is 17.7. The maximum absolute atomic E-state index is 12.3. The third-order valence-corrected chi connectivity index (χ3v) is 6.32. The number of benzene rings is 1. The van der Waals surface area contributed by atoms with Gasteiger partial charge in [0.1, 0.15) is 16.9 Å². The highest BCUT2D eigenvalue weighted by Gasteiger charge is 2.25. The molecule has 0 radical (unpaired) electrons. The lowest BCUT2D eigenvalue weighted by Gasteiger charge is -2.36. The van der Waals surface area contributed by atoms with Crippen molar-refractivity contribution in [3.8, 4) is 16.6 Å². The number of hydrogen-bond acceptors (Lipinski definition) is 7. The molecule has 3 aromatic rings. The molecule has 1 aliphatic rings. The fourth-order valence-electron chi connectivity index (χ4n) is 3.74. The molecule has 0 N–H and O–H groups in total. The molecule has 0 aliphatic carbocycles. The molecule has 9 heteroatoms. The minimum absolute atomic E-state index is 0.0139. The molecule has 4 rings (SSSR count). The number of nitriles is 1. The van der Waals surface area contributed by atoms with E-state index in [4.69, 9.17) is 4.98 Å². The highest BCUT2D eigenvalue weighted by molar-refractivity contribution is 7.13. The highest BCUT2D eigenvalue weighted by Crippen LogP contribution is 2.24. The van der Waals surface area contributed by atoms with Crippen molar-refractivity contribution < 1.29 is 0 Å². The van der Waals surface area contributed by atoms with E-state index in [0.29, 0.717) is 18.9 Å². The van der Waals surface area contributed by atoms with Gasteiger partial charge in [0.25, 0.3) is 5.56 Å². The van der Waals surface area contributed by atoms with Gasteiger partial charge in [0.2, 0.25) is 0 Å². The fraction of sp³-hybridized carbons (Fsp3) is 0.333. The van der Waals surface area contributed by atoms with E-state index >= 15 is 0 Å². The monoisotopic (exact) mass is 422 g/mol. The van der Waals surface area contributed by atoms with Gasteiger partial charge in [-0.05, 0) is 0 Å². The van der Waals surface area contributed by atoms with Crippen molar-refractivity contribution >= 4 is 17.2 Å². The number of piperazine rings is 1. The standard InChI is InChI=1S/C21H22N6O2S/c1-24-19(17(12-22)20(28)25(2)21(24)29)27-10-8-26(9-11-27)13-16-14-30-18(23-16)15-6-4-3-5-7-15/h3-7,14H,8-11,13H2,1-2H3. The first-order chi connectivity index (χ1) is 14.5. The average Bonchev–Trinajstić information content (AvgIpc) is 3.24. The van der Waals surface area contributed by atoms with Crippen LogP contribution >= 0.6 is 11.3 Å². The summed E-state index contributed by atoms with van der Waals surface area (Å²) in [5, 5.41) is 12.6. The topological polar surface area (TPSA) is 87.2 Å². The number of anilines is 1. The Bertz CT molecular complexity index is 1210. The Morgan fingerprint density at radius 3 is 2.43 bits per heavy atom. The van der Waals surface area contributed by atoms with Crippen molar-refractivity contribution in [3.05, 3.63) is 67.8 Å². The van der Waals surface area contributed by atoms with Crippen molar-refractivity contribution in [1.82, 2.24) is 19.0 Å². The number of aromatic nitrogens is 3. The number of nitrogens with zero attached hydrogens (tertiary/aromatic N) is 6. The van der Waals surface area contributed by atoms with E-state index in [1.165, 1.54) is 11.6 Å². The molecule has 154 valence electrons. The fourth-order valence-corrected chi connectivity index (χ4v) is 4.56. The second kappa shape index (κ2) is 8.26. The molecule has 1 saturated heterocycles. The Morgan fingerprint density at radius 2 is 1.77 bits per heavy atom. The molecule has 30 heavy (non-hydrogen) atoms. The minimum Gasteiger partial charge on any atom is -0.354 e. The summed E-state index contributed by atoms with van der Waals surface area (Å²) in [5.74, 6) is 0.408. The van der Waals surface area contributed by atoms with Crippen LogP contribution in [0.2, 0.25) is 0 Å². The zero-order valence-electron chi connectivity index (χ0n) is 16.9. The van der Waals surface area contributed by atoms with Gasteiger partial charge in [-0.3, -0.25) is 18.8 Å². The van der Waals surface area contributed by atoms with Crippen molar-refractivity contribution in [3.63, 3.8) is 0 Å². The smallest absolute Gasteiger partial charge is 0.332 e. The zero-order chi connectivity index (χ0) is 21.3. The van der Waals surface area contributed by atoms with Gasteiger partial charge in [0, 0.05) is 57.8 Å². The normalized spacial score (nSPS) is 14.6. The summed E-state index contributed by atoms with van der Waals surface area (Å²) < 4.78 is 2.37. The van der Waals surface area contributed by atoms with Crippen LogP contribution < -0.4 is 16.1 Å². The Labute approximate surface area is 177 Å².